The number of fused-ring (bicyclic) bond motifs is 1. The van der Waals surface area contributed by atoms with Crippen LogP contribution in [0.1, 0.15) is 32.4 Å². The van der Waals surface area contributed by atoms with E-state index >= 15 is 0 Å². The number of carbonyl (C=O) groups excluding carboxylic acids is 1. The van der Waals surface area contributed by atoms with Crippen LogP contribution in [0.2, 0.25) is 0 Å². The van der Waals surface area contributed by atoms with E-state index in [1.54, 1.807) is 12.1 Å². The van der Waals surface area contributed by atoms with Crippen LogP contribution in [-0.4, -0.2) is 22.1 Å². The average molecular weight is 260 g/mol. The highest BCUT2D eigenvalue weighted by Crippen LogP contribution is 2.28. The molecular weight excluding hydrogens is 240 g/mol. The first kappa shape index (κ1) is 13.5. The second-order valence-electron chi connectivity index (χ2n) is 5.09. The Bertz CT molecular complexity index is 599. The largest absolute Gasteiger partial charge is 0.508 e. The Morgan fingerprint density at radius 2 is 2.16 bits per heavy atom. The standard InChI is InChI=1S/C15H20N2O2/c1-10(2)17-9-12(6-7-16-11(3)18)14-8-13(19)4-5-15(14)17/h4-5,8-10,19H,6-7H2,1-3H3,(H,16,18). The summed E-state index contributed by atoms with van der Waals surface area (Å²) in [5.41, 5.74) is 2.26. The van der Waals surface area contributed by atoms with Crippen LogP contribution in [0.3, 0.4) is 0 Å². The van der Waals surface area contributed by atoms with Crippen molar-refractivity contribution in [1.82, 2.24) is 9.88 Å². The number of hydrogen-bond donors (Lipinski definition) is 2. The Hall–Kier alpha value is -1.97. The molecule has 0 aliphatic heterocycles. The van der Waals surface area contributed by atoms with Crippen LogP contribution in [0.15, 0.2) is 24.4 Å². The van der Waals surface area contributed by atoms with Crippen molar-refractivity contribution in [2.24, 2.45) is 0 Å². The lowest BCUT2D eigenvalue weighted by molar-refractivity contribution is -0.118. The zero-order valence-electron chi connectivity index (χ0n) is 11.6. The number of phenols is 1. The molecular formula is C15H20N2O2. The van der Waals surface area contributed by atoms with E-state index in [1.165, 1.54) is 6.92 Å². The Morgan fingerprint density at radius 3 is 2.79 bits per heavy atom. The summed E-state index contributed by atoms with van der Waals surface area (Å²) in [6.07, 6.45) is 2.87. The van der Waals surface area contributed by atoms with E-state index in [0.29, 0.717) is 12.6 Å². The van der Waals surface area contributed by atoms with Gasteiger partial charge in [0.25, 0.3) is 0 Å². The number of hydrogen-bond acceptors (Lipinski definition) is 2. The first-order chi connectivity index (χ1) is 8.99. The molecule has 1 aromatic heterocycles. The number of aromatic nitrogens is 1. The van der Waals surface area contributed by atoms with Gasteiger partial charge in [-0.05, 0) is 44.0 Å². The third-order valence-electron chi connectivity index (χ3n) is 3.22. The molecule has 0 fully saturated rings. The molecule has 0 spiro atoms. The first-order valence-electron chi connectivity index (χ1n) is 6.56. The summed E-state index contributed by atoms with van der Waals surface area (Å²) in [5, 5.41) is 13.5. The molecule has 4 heteroatoms. The third kappa shape index (κ3) is 2.89. The van der Waals surface area contributed by atoms with Crippen molar-refractivity contribution in [2.75, 3.05) is 6.54 Å². The molecule has 0 bridgehead atoms. The fraction of sp³-hybridized carbons (Fsp3) is 0.400. The van der Waals surface area contributed by atoms with Gasteiger partial charge in [-0.2, -0.15) is 0 Å². The summed E-state index contributed by atoms with van der Waals surface area (Å²) in [4.78, 5) is 10.9. The average Bonchev–Trinajstić information content (AvgIpc) is 2.67. The molecule has 2 aromatic rings. The summed E-state index contributed by atoms with van der Waals surface area (Å²) >= 11 is 0. The zero-order valence-corrected chi connectivity index (χ0v) is 11.6. The summed E-state index contributed by atoms with van der Waals surface area (Å²) < 4.78 is 2.19. The number of phenolic OH excluding ortho intramolecular Hbond substituents is 1. The zero-order chi connectivity index (χ0) is 14.0. The molecule has 4 nitrogen and oxygen atoms in total. The van der Waals surface area contributed by atoms with Gasteiger partial charge in [-0.3, -0.25) is 4.79 Å². The van der Waals surface area contributed by atoms with E-state index in [0.717, 1.165) is 22.9 Å². The number of rotatable bonds is 4. The quantitative estimate of drug-likeness (QED) is 0.887. The fourth-order valence-electron chi connectivity index (χ4n) is 2.31. The fourth-order valence-corrected chi connectivity index (χ4v) is 2.31. The van der Waals surface area contributed by atoms with Crippen LogP contribution in [0, 0.1) is 0 Å². The van der Waals surface area contributed by atoms with Crippen molar-refractivity contribution in [3.05, 3.63) is 30.0 Å². The van der Waals surface area contributed by atoms with Gasteiger partial charge < -0.3 is 15.0 Å². The molecule has 2 rings (SSSR count). The van der Waals surface area contributed by atoms with Gasteiger partial charge in [0.2, 0.25) is 5.91 Å². The van der Waals surface area contributed by atoms with E-state index in [4.69, 9.17) is 0 Å². The predicted molar refractivity (Wildman–Crippen MR) is 76.4 cm³/mol. The maximum absolute atomic E-state index is 10.9. The lowest BCUT2D eigenvalue weighted by Crippen LogP contribution is -2.22. The van der Waals surface area contributed by atoms with Crippen LogP contribution >= 0.6 is 0 Å². The minimum Gasteiger partial charge on any atom is -0.508 e. The molecule has 0 saturated heterocycles. The van der Waals surface area contributed by atoms with E-state index in [9.17, 15) is 9.90 Å². The molecule has 19 heavy (non-hydrogen) atoms. The number of nitrogens with zero attached hydrogens (tertiary/aromatic N) is 1. The van der Waals surface area contributed by atoms with Gasteiger partial charge in [-0.25, -0.2) is 0 Å². The Balaban J connectivity index is 2.36. The SMILES string of the molecule is CC(=O)NCCc1cn(C(C)C)c2ccc(O)cc12. The highest BCUT2D eigenvalue weighted by atomic mass is 16.3. The lowest BCUT2D eigenvalue weighted by atomic mass is 10.1. The number of amides is 1. The first-order valence-corrected chi connectivity index (χ1v) is 6.56. The smallest absolute Gasteiger partial charge is 0.216 e. The van der Waals surface area contributed by atoms with Crippen LogP contribution in [0.25, 0.3) is 10.9 Å². The van der Waals surface area contributed by atoms with Crippen molar-refractivity contribution in [2.45, 2.75) is 33.2 Å². The number of nitrogens with one attached hydrogen (secondary N) is 1. The minimum absolute atomic E-state index is 0.0181. The highest BCUT2D eigenvalue weighted by molar-refractivity contribution is 5.85. The van der Waals surface area contributed by atoms with Crippen molar-refractivity contribution >= 4 is 16.8 Å². The van der Waals surface area contributed by atoms with Gasteiger partial charge >= 0.3 is 0 Å². The van der Waals surface area contributed by atoms with Crippen LogP contribution in [0.5, 0.6) is 5.75 Å². The second kappa shape index (κ2) is 5.34. The molecule has 0 aliphatic carbocycles. The van der Waals surface area contributed by atoms with Gasteiger partial charge in [-0.15, -0.1) is 0 Å². The van der Waals surface area contributed by atoms with Gasteiger partial charge in [-0.1, -0.05) is 0 Å². The van der Waals surface area contributed by atoms with E-state index in [2.05, 4.69) is 29.9 Å². The molecule has 0 aliphatic rings. The lowest BCUT2D eigenvalue weighted by Gasteiger charge is -2.08. The maximum Gasteiger partial charge on any atom is 0.216 e. The van der Waals surface area contributed by atoms with E-state index in [1.807, 2.05) is 6.07 Å². The van der Waals surface area contributed by atoms with Gasteiger partial charge in [0.1, 0.15) is 5.75 Å². The molecule has 0 radical (unpaired) electrons. The van der Waals surface area contributed by atoms with Crippen molar-refractivity contribution in [3.8, 4) is 5.75 Å². The van der Waals surface area contributed by atoms with E-state index in [-0.39, 0.29) is 11.7 Å². The summed E-state index contributed by atoms with van der Waals surface area (Å²) in [7, 11) is 0. The van der Waals surface area contributed by atoms with Crippen molar-refractivity contribution in [1.29, 1.82) is 0 Å². The molecule has 0 unspecified atom stereocenters. The van der Waals surface area contributed by atoms with Gasteiger partial charge in [0.15, 0.2) is 0 Å². The molecule has 1 aromatic carbocycles. The van der Waals surface area contributed by atoms with Gasteiger partial charge in [0.05, 0.1) is 0 Å². The number of benzene rings is 1. The van der Waals surface area contributed by atoms with Crippen LogP contribution in [-0.2, 0) is 11.2 Å². The maximum atomic E-state index is 10.9. The normalized spacial score (nSPS) is 11.2. The second-order valence-corrected chi connectivity index (χ2v) is 5.09. The van der Waals surface area contributed by atoms with Gasteiger partial charge in [0, 0.05) is 36.6 Å². The number of carbonyl (C=O) groups is 1. The summed E-state index contributed by atoms with van der Waals surface area (Å²) in [6, 6.07) is 5.80. The summed E-state index contributed by atoms with van der Waals surface area (Å²) in [6.45, 7) is 6.39. The third-order valence-corrected chi connectivity index (χ3v) is 3.22. The molecule has 102 valence electrons. The van der Waals surface area contributed by atoms with Crippen LogP contribution in [0.4, 0.5) is 0 Å². The van der Waals surface area contributed by atoms with E-state index < -0.39 is 0 Å². The molecule has 0 atom stereocenters. The van der Waals surface area contributed by atoms with Crippen LogP contribution < -0.4 is 5.32 Å². The Labute approximate surface area is 113 Å². The van der Waals surface area contributed by atoms with Crippen molar-refractivity contribution < 1.29 is 9.90 Å². The monoisotopic (exact) mass is 260 g/mol. The summed E-state index contributed by atoms with van der Waals surface area (Å²) in [5.74, 6) is 0.255. The highest BCUT2D eigenvalue weighted by Gasteiger charge is 2.11. The molecule has 2 N–H and O–H groups in total. The molecule has 1 heterocycles. The topological polar surface area (TPSA) is 54.3 Å². The predicted octanol–water partition coefficient (Wildman–Crippen LogP) is 2.61. The Kier molecular flexibility index (Phi) is 3.79. The van der Waals surface area contributed by atoms with Crippen molar-refractivity contribution in [3.63, 3.8) is 0 Å². The molecule has 0 saturated carbocycles. The Morgan fingerprint density at radius 1 is 1.42 bits per heavy atom. The number of aromatic hydroxyl groups is 1. The molecule has 1 amide bonds. The minimum atomic E-state index is -0.0181.